The molecule has 1 aromatic carbocycles. The lowest BCUT2D eigenvalue weighted by atomic mass is 9.97. The number of imidazole rings is 1. The zero-order valence-corrected chi connectivity index (χ0v) is 23.3. The van der Waals surface area contributed by atoms with Gasteiger partial charge in [-0.25, -0.2) is 14.4 Å². The Balaban J connectivity index is 1.27. The average Bonchev–Trinajstić information content (AvgIpc) is 3.69. The number of pyridine rings is 1. The Morgan fingerprint density at radius 1 is 1.20 bits per heavy atom. The lowest BCUT2D eigenvalue weighted by molar-refractivity contribution is -0.128. The van der Waals surface area contributed by atoms with Crippen LogP contribution >= 0.6 is 11.6 Å². The van der Waals surface area contributed by atoms with Gasteiger partial charge in [-0.15, -0.1) is 5.10 Å². The van der Waals surface area contributed by atoms with E-state index in [0.717, 1.165) is 36.1 Å². The molecule has 5 heterocycles. The number of H-pyrrole nitrogens is 1. The minimum absolute atomic E-state index is 0.0424. The number of aromatic nitrogens is 7. The van der Waals surface area contributed by atoms with E-state index in [2.05, 4.69) is 35.8 Å². The van der Waals surface area contributed by atoms with Crippen LogP contribution in [0.15, 0.2) is 49.1 Å². The van der Waals surface area contributed by atoms with Crippen LogP contribution in [0.5, 0.6) is 0 Å². The lowest BCUT2D eigenvalue weighted by Crippen LogP contribution is -2.35. The van der Waals surface area contributed by atoms with Gasteiger partial charge in [0.05, 0.1) is 29.2 Å². The number of carbonyl (C=O) groups excluding carboxylic acids is 1. The SMILES string of the molecule is CC(C)(O)CNc1nccc(-c2cnc([C@@H]3CC[C@H]4CCC(c5cc(Cl)ccc5-n5cnnn5)=CC(=O)N43)[nH]2)c1F. The second kappa shape index (κ2) is 10.7. The molecule has 2 aliphatic rings. The normalized spacial score (nSPS) is 19.2. The van der Waals surface area contributed by atoms with Gasteiger partial charge in [0.25, 0.3) is 0 Å². The van der Waals surface area contributed by atoms with Crippen molar-refractivity contribution < 1.29 is 14.3 Å². The number of halogens is 2. The van der Waals surface area contributed by atoms with Gasteiger partial charge in [-0.05, 0) is 79.8 Å². The van der Waals surface area contributed by atoms with E-state index >= 15 is 4.39 Å². The van der Waals surface area contributed by atoms with Gasteiger partial charge in [0, 0.05) is 41.0 Å². The van der Waals surface area contributed by atoms with Gasteiger partial charge in [0.1, 0.15) is 12.2 Å². The van der Waals surface area contributed by atoms with Crippen LogP contribution in [0.1, 0.15) is 57.0 Å². The van der Waals surface area contributed by atoms with Crippen molar-refractivity contribution in [1.82, 2.24) is 40.1 Å². The Morgan fingerprint density at radius 3 is 2.83 bits per heavy atom. The number of aliphatic hydroxyl groups is 1. The number of rotatable bonds is 7. The number of hydrogen-bond donors (Lipinski definition) is 3. The maximum absolute atomic E-state index is 15.3. The molecular formula is C28H29ClFN9O2. The van der Waals surface area contributed by atoms with Crippen LogP contribution in [0, 0.1) is 5.82 Å². The smallest absolute Gasteiger partial charge is 0.247 e. The summed E-state index contributed by atoms with van der Waals surface area (Å²) < 4.78 is 16.9. The molecule has 3 N–H and O–H groups in total. The summed E-state index contributed by atoms with van der Waals surface area (Å²) in [5.41, 5.74) is 2.16. The van der Waals surface area contributed by atoms with Gasteiger partial charge in [0.15, 0.2) is 11.6 Å². The number of allylic oxidation sites excluding steroid dienone is 1. The summed E-state index contributed by atoms with van der Waals surface area (Å²) in [4.78, 5) is 27.5. The summed E-state index contributed by atoms with van der Waals surface area (Å²) in [6.07, 6.45) is 9.29. The predicted octanol–water partition coefficient (Wildman–Crippen LogP) is 4.33. The highest BCUT2D eigenvalue weighted by atomic mass is 35.5. The molecule has 2 atom stereocenters. The highest BCUT2D eigenvalue weighted by molar-refractivity contribution is 6.30. The van der Waals surface area contributed by atoms with E-state index in [1.165, 1.54) is 12.5 Å². The summed E-state index contributed by atoms with van der Waals surface area (Å²) >= 11 is 6.34. The molecule has 6 rings (SSSR count). The zero-order chi connectivity index (χ0) is 28.7. The van der Waals surface area contributed by atoms with Crippen LogP contribution < -0.4 is 5.32 Å². The number of aromatic amines is 1. The van der Waals surface area contributed by atoms with Crippen LogP contribution in [0.4, 0.5) is 10.2 Å². The monoisotopic (exact) mass is 577 g/mol. The molecule has 41 heavy (non-hydrogen) atoms. The first-order chi connectivity index (χ1) is 19.7. The topological polar surface area (TPSA) is 138 Å². The maximum atomic E-state index is 15.3. The molecule has 13 heteroatoms. The number of hydrogen-bond acceptors (Lipinski definition) is 8. The van der Waals surface area contributed by atoms with Crippen LogP contribution in [0.2, 0.25) is 5.02 Å². The van der Waals surface area contributed by atoms with Crippen molar-refractivity contribution in [3.63, 3.8) is 0 Å². The summed E-state index contributed by atoms with van der Waals surface area (Å²) in [6.45, 7) is 3.39. The van der Waals surface area contributed by atoms with Crippen molar-refractivity contribution in [2.24, 2.45) is 0 Å². The van der Waals surface area contributed by atoms with Crippen molar-refractivity contribution in [2.75, 3.05) is 11.9 Å². The van der Waals surface area contributed by atoms with E-state index in [4.69, 9.17) is 11.6 Å². The second-order valence-electron chi connectivity index (χ2n) is 11.0. The van der Waals surface area contributed by atoms with Crippen LogP contribution in [0.3, 0.4) is 0 Å². The van der Waals surface area contributed by atoms with E-state index in [9.17, 15) is 9.90 Å². The molecule has 3 aromatic heterocycles. The van der Waals surface area contributed by atoms with Crippen molar-refractivity contribution in [2.45, 2.75) is 57.2 Å². The van der Waals surface area contributed by atoms with E-state index in [1.807, 2.05) is 17.0 Å². The molecule has 212 valence electrons. The van der Waals surface area contributed by atoms with Gasteiger partial charge in [-0.2, -0.15) is 4.68 Å². The number of nitrogens with zero attached hydrogens (tertiary/aromatic N) is 7. The molecule has 0 saturated carbocycles. The van der Waals surface area contributed by atoms with E-state index < -0.39 is 11.4 Å². The molecule has 1 fully saturated rings. The Bertz CT molecular complexity index is 1610. The number of amides is 1. The van der Waals surface area contributed by atoms with E-state index in [0.29, 0.717) is 28.5 Å². The Morgan fingerprint density at radius 2 is 2.05 bits per heavy atom. The van der Waals surface area contributed by atoms with Crippen molar-refractivity contribution >= 4 is 28.9 Å². The standard InChI is InChI=1S/C28H29ClFN9O2/c1-28(2,41)14-33-27-25(30)19(9-10-31-27)21-13-32-26(35-21)23-8-6-18-5-3-16(11-24(40)39(18)23)20-12-17(29)4-7-22(20)38-15-34-36-37-38/h4,7,9-13,15,18,23,41H,3,5-6,8,14H2,1-2H3,(H,31,33)(H,32,35)/t18-,23+/m1/s1. The Hall–Kier alpha value is -4.16. The van der Waals surface area contributed by atoms with E-state index in [1.54, 1.807) is 42.9 Å². The number of benzene rings is 1. The number of carbonyl (C=O) groups is 1. The zero-order valence-electron chi connectivity index (χ0n) is 22.6. The molecule has 1 amide bonds. The van der Waals surface area contributed by atoms with Crippen molar-refractivity contribution in [3.8, 4) is 16.9 Å². The van der Waals surface area contributed by atoms with Crippen LogP contribution in [-0.2, 0) is 4.79 Å². The number of tetrazole rings is 1. The minimum atomic E-state index is -1.03. The van der Waals surface area contributed by atoms with E-state index in [-0.39, 0.29) is 30.4 Å². The molecule has 0 bridgehead atoms. The average molecular weight is 578 g/mol. The number of fused-ring (bicyclic) bond motifs is 1. The maximum Gasteiger partial charge on any atom is 0.247 e. The fourth-order valence-electron chi connectivity index (χ4n) is 5.55. The summed E-state index contributed by atoms with van der Waals surface area (Å²) in [5.74, 6) is -0.00968. The molecule has 11 nitrogen and oxygen atoms in total. The highest BCUT2D eigenvalue weighted by Gasteiger charge is 2.40. The second-order valence-corrected chi connectivity index (χ2v) is 11.4. The molecule has 4 aromatic rings. The van der Waals surface area contributed by atoms with Crippen LogP contribution in [0.25, 0.3) is 22.5 Å². The highest BCUT2D eigenvalue weighted by Crippen LogP contribution is 2.42. The fraction of sp³-hybridized carbons (Fsp3) is 0.357. The first kappa shape index (κ1) is 27.0. The summed E-state index contributed by atoms with van der Waals surface area (Å²) in [5, 5.41) is 24.9. The van der Waals surface area contributed by atoms with Gasteiger partial charge in [-0.3, -0.25) is 4.79 Å². The van der Waals surface area contributed by atoms with Gasteiger partial charge in [0.2, 0.25) is 5.91 Å². The number of nitrogens with one attached hydrogen (secondary N) is 2. The van der Waals surface area contributed by atoms with Gasteiger partial charge in [-0.1, -0.05) is 11.6 Å². The predicted molar refractivity (Wildman–Crippen MR) is 151 cm³/mol. The molecule has 2 aliphatic heterocycles. The molecular weight excluding hydrogens is 549 g/mol. The van der Waals surface area contributed by atoms with Crippen molar-refractivity contribution in [1.29, 1.82) is 0 Å². The lowest BCUT2D eigenvalue weighted by Gasteiger charge is -2.27. The Labute approximate surface area is 240 Å². The minimum Gasteiger partial charge on any atom is -0.389 e. The quantitative estimate of drug-likeness (QED) is 0.295. The first-order valence-corrected chi connectivity index (χ1v) is 13.8. The van der Waals surface area contributed by atoms with Gasteiger partial charge >= 0.3 is 0 Å². The molecule has 0 spiro atoms. The Kier molecular flexibility index (Phi) is 7.04. The third kappa shape index (κ3) is 5.44. The van der Waals surface area contributed by atoms with Gasteiger partial charge < -0.3 is 20.3 Å². The molecule has 0 aliphatic carbocycles. The van der Waals surface area contributed by atoms with Crippen molar-refractivity contribution in [3.05, 3.63) is 71.3 Å². The first-order valence-electron chi connectivity index (χ1n) is 13.4. The fourth-order valence-corrected chi connectivity index (χ4v) is 5.73. The number of anilines is 1. The third-order valence-electron chi connectivity index (χ3n) is 7.48. The largest absolute Gasteiger partial charge is 0.389 e. The van der Waals surface area contributed by atoms with Crippen LogP contribution in [-0.4, -0.2) is 69.3 Å². The molecule has 1 saturated heterocycles. The molecule has 0 unspecified atom stereocenters. The summed E-state index contributed by atoms with van der Waals surface area (Å²) in [7, 11) is 0. The molecule has 0 radical (unpaired) electrons. The summed E-state index contributed by atoms with van der Waals surface area (Å²) in [6, 6.07) is 6.77. The third-order valence-corrected chi connectivity index (χ3v) is 7.72.